The topological polar surface area (TPSA) is 75.4 Å². The maximum absolute atomic E-state index is 13.2. The summed E-state index contributed by atoms with van der Waals surface area (Å²) < 4.78 is 5.43. The molecule has 30 heavy (non-hydrogen) atoms. The predicted octanol–water partition coefficient (Wildman–Crippen LogP) is 4.83. The van der Waals surface area contributed by atoms with E-state index in [1.165, 1.54) is 11.3 Å². The van der Waals surface area contributed by atoms with Gasteiger partial charge in [0.15, 0.2) is 0 Å². The first-order chi connectivity index (χ1) is 14.7. The maximum atomic E-state index is 13.2. The predicted molar refractivity (Wildman–Crippen MR) is 115 cm³/mol. The van der Waals surface area contributed by atoms with E-state index in [0.29, 0.717) is 35.0 Å². The summed E-state index contributed by atoms with van der Waals surface area (Å²) in [6.07, 6.45) is 5.03. The molecule has 0 bridgehead atoms. The second kappa shape index (κ2) is 9.19. The maximum Gasteiger partial charge on any atom is 0.265 e. The van der Waals surface area contributed by atoms with Crippen molar-refractivity contribution in [1.82, 2.24) is 9.88 Å². The highest BCUT2D eigenvalue weighted by molar-refractivity contribution is 7.12. The van der Waals surface area contributed by atoms with Gasteiger partial charge in [-0.3, -0.25) is 14.6 Å². The lowest BCUT2D eigenvalue weighted by Gasteiger charge is -2.22. The molecule has 4 aromatic rings. The van der Waals surface area contributed by atoms with Crippen molar-refractivity contribution >= 4 is 28.8 Å². The molecule has 3 heterocycles. The molecule has 0 spiro atoms. The molecular formula is C23H19N3O3S. The Kier molecular flexibility index (Phi) is 6.01. The number of carbonyl (C=O) groups excluding carboxylic acids is 2. The number of rotatable bonds is 7. The molecule has 4 rings (SSSR count). The van der Waals surface area contributed by atoms with E-state index in [4.69, 9.17) is 4.42 Å². The Hall–Kier alpha value is -3.71. The molecule has 2 amide bonds. The van der Waals surface area contributed by atoms with Crippen LogP contribution in [0.15, 0.2) is 89.1 Å². The highest BCUT2D eigenvalue weighted by Crippen LogP contribution is 2.18. The van der Waals surface area contributed by atoms with Crippen LogP contribution in [0, 0.1) is 0 Å². The summed E-state index contributed by atoms with van der Waals surface area (Å²) in [6, 6.07) is 17.9. The molecule has 0 saturated carbocycles. The van der Waals surface area contributed by atoms with Gasteiger partial charge in [0.05, 0.1) is 17.7 Å². The van der Waals surface area contributed by atoms with Gasteiger partial charge in [0.1, 0.15) is 5.76 Å². The van der Waals surface area contributed by atoms with E-state index >= 15 is 0 Å². The van der Waals surface area contributed by atoms with Crippen molar-refractivity contribution in [2.75, 3.05) is 5.32 Å². The second-order valence-electron chi connectivity index (χ2n) is 6.61. The molecule has 0 atom stereocenters. The number of furan rings is 1. The third-order valence-corrected chi connectivity index (χ3v) is 5.31. The van der Waals surface area contributed by atoms with E-state index < -0.39 is 0 Å². The summed E-state index contributed by atoms with van der Waals surface area (Å²) in [5, 5.41) is 4.69. The molecule has 0 fully saturated rings. The Morgan fingerprint density at radius 3 is 2.53 bits per heavy atom. The number of hydrogen-bond donors (Lipinski definition) is 1. The first-order valence-electron chi connectivity index (χ1n) is 9.34. The fourth-order valence-electron chi connectivity index (χ4n) is 2.98. The SMILES string of the molecule is O=C(Nc1ccc(C(=O)N(Cc2cccnc2)Cc2ccco2)cc1)c1cccs1. The fourth-order valence-corrected chi connectivity index (χ4v) is 3.60. The highest BCUT2D eigenvalue weighted by Gasteiger charge is 2.18. The number of nitrogens with zero attached hydrogens (tertiary/aromatic N) is 2. The Morgan fingerprint density at radius 1 is 1.00 bits per heavy atom. The van der Waals surface area contributed by atoms with Crippen LogP contribution in [-0.2, 0) is 13.1 Å². The Bertz CT molecular complexity index is 1090. The molecular weight excluding hydrogens is 398 g/mol. The van der Waals surface area contributed by atoms with Crippen molar-refractivity contribution in [2.45, 2.75) is 13.1 Å². The fraction of sp³-hybridized carbons (Fsp3) is 0.0870. The summed E-state index contributed by atoms with van der Waals surface area (Å²) in [5.41, 5.74) is 2.09. The normalized spacial score (nSPS) is 10.5. The van der Waals surface area contributed by atoms with Crippen LogP contribution in [0.2, 0.25) is 0 Å². The number of hydrogen-bond acceptors (Lipinski definition) is 5. The largest absolute Gasteiger partial charge is 0.467 e. The van der Waals surface area contributed by atoms with Crippen LogP contribution in [0.25, 0.3) is 0 Å². The van der Waals surface area contributed by atoms with Crippen LogP contribution in [0.1, 0.15) is 31.4 Å². The van der Waals surface area contributed by atoms with Crippen molar-refractivity contribution in [3.05, 3.63) is 106 Å². The minimum absolute atomic E-state index is 0.133. The van der Waals surface area contributed by atoms with Gasteiger partial charge < -0.3 is 14.6 Å². The number of benzene rings is 1. The molecule has 6 nitrogen and oxygen atoms in total. The quantitative estimate of drug-likeness (QED) is 0.467. The molecule has 0 unspecified atom stereocenters. The molecule has 0 aliphatic heterocycles. The highest BCUT2D eigenvalue weighted by atomic mass is 32.1. The lowest BCUT2D eigenvalue weighted by atomic mass is 10.1. The summed E-state index contributed by atoms with van der Waals surface area (Å²) >= 11 is 1.38. The van der Waals surface area contributed by atoms with Crippen molar-refractivity contribution in [1.29, 1.82) is 0 Å². The Morgan fingerprint density at radius 2 is 1.87 bits per heavy atom. The second-order valence-corrected chi connectivity index (χ2v) is 7.56. The minimum Gasteiger partial charge on any atom is -0.467 e. The van der Waals surface area contributed by atoms with Crippen LogP contribution in [0.3, 0.4) is 0 Å². The molecule has 0 aliphatic rings. The van der Waals surface area contributed by atoms with Crippen LogP contribution >= 0.6 is 11.3 Å². The van der Waals surface area contributed by atoms with Crippen molar-refractivity contribution in [3.63, 3.8) is 0 Å². The number of carbonyl (C=O) groups is 2. The van der Waals surface area contributed by atoms with Gasteiger partial charge in [-0.15, -0.1) is 11.3 Å². The lowest BCUT2D eigenvalue weighted by Crippen LogP contribution is -2.30. The van der Waals surface area contributed by atoms with Crippen molar-refractivity contribution in [3.8, 4) is 0 Å². The van der Waals surface area contributed by atoms with Gasteiger partial charge >= 0.3 is 0 Å². The third-order valence-electron chi connectivity index (χ3n) is 4.44. The number of amides is 2. The molecule has 3 aromatic heterocycles. The van der Waals surface area contributed by atoms with Gasteiger partial charge in [-0.1, -0.05) is 12.1 Å². The van der Waals surface area contributed by atoms with E-state index in [9.17, 15) is 9.59 Å². The van der Waals surface area contributed by atoms with Gasteiger partial charge in [-0.25, -0.2) is 0 Å². The van der Waals surface area contributed by atoms with Crippen molar-refractivity contribution < 1.29 is 14.0 Å². The molecule has 7 heteroatoms. The molecule has 0 aliphatic carbocycles. The summed E-state index contributed by atoms with van der Waals surface area (Å²) in [4.78, 5) is 31.8. The number of nitrogens with one attached hydrogen (secondary N) is 1. The standard InChI is InChI=1S/C23H19N3O3S/c27-22(21-6-3-13-30-21)25-19-9-7-18(8-10-19)23(28)26(16-20-5-2-12-29-20)15-17-4-1-11-24-14-17/h1-14H,15-16H2,(H,25,27). The summed E-state index contributed by atoms with van der Waals surface area (Å²) in [5.74, 6) is 0.401. The van der Waals surface area contributed by atoms with Gasteiger partial charge in [-0.05, 0) is 59.5 Å². The van der Waals surface area contributed by atoms with Crippen LogP contribution in [0.4, 0.5) is 5.69 Å². The first-order valence-corrected chi connectivity index (χ1v) is 10.2. The van der Waals surface area contributed by atoms with E-state index in [1.54, 1.807) is 60.0 Å². The number of pyridine rings is 1. The zero-order chi connectivity index (χ0) is 20.8. The lowest BCUT2D eigenvalue weighted by molar-refractivity contribution is 0.0717. The van der Waals surface area contributed by atoms with E-state index in [2.05, 4.69) is 10.3 Å². The van der Waals surface area contributed by atoms with E-state index in [1.807, 2.05) is 29.6 Å². The number of anilines is 1. The number of aromatic nitrogens is 1. The van der Waals surface area contributed by atoms with Crippen LogP contribution < -0.4 is 5.32 Å². The van der Waals surface area contributed by atoms with Gasteiger partial charge in [0.2, 0.25) is 0 Å². The van der Waals surface area contributed by atoms with Gasteiger partial charge in [-0.2, -0.15) is 0 Å². The summed E-state index contributed by atoms with van der Waals surface area (Å²) in [6.45, 7) is 0.752. The smallest absolute Gasteiger partial charge is 0.265 e. The average Bonchev–Trinajstić information content (AvgIpc) is 3.48. The Balaban J connectivity index is 1.49. The molecule has 1 N–H and O–H groups in total. The Labute approximate surface area is 177 Å². The third kappa shape index (κ3) is 4.82. The van der Waals surface area contributed by atoms with Gasteiger partial charge in [0.25, 0.3) is 11.8 Å². The molecule has 1 aromatic carbocycles. The van der Waals surface area contributed by atoms with Gasteiger partial charge in [0, 0.05) is 30.2 Å². The minimum atomic E-state index is -0.167. The van der Waals surface area contributed by atoms with E-state index in [0.717, 1.165) is 5.56 Å². The monoisotopic (exact) mass is 417 g/mol. The zero-order valence-corrected chi connectivity index (χ0v) is 16.8. The first kappa shape index (κ1) is 19.6. The zero-order valence-electron chi connectivity index (χ0n) is 16.0. The average molecular weight is 417 g/mol. The summed E-state index contributed by atoms with van der Waals surface area (Å²) in [7, 11) is 0. The molecule has 150 valence electrons. The number of thiophene rings is 1. The van der Waals surface area contributed by atoms with Crippen LogP contribution in [-0.4, -0.2) is 21.7 Å². The van der Waals surface area contributed by atoms with Crippen molar-refractivity contribution in [2.24, 2.45) is 0 Å². The molecule has 0 radical (unpaired) electrons. The van der Waals surface area contributed by atoms with Crippen LogP contribution in [0.5, 0.6) is 0 Å². The van der Waals surface area contributed by atoms with E-state index in [-0.39, 0.29) is 11.8 Å². The molecule has 0 saturated heterocycles.